The van der Waals surface area contributed by atoms with Crippen LogP contribution in [-0.4, -0.2) is 49.0 Å². The van der Waals surface area contributed by atoms with Gasteiger partial charge in [0.25, 0.3) is 0 Å². The summed E-state index contributed by atoms with van der Waals surface area (Å²) in [5.74, 6) is 0.261. The minimum atomic E-state index is -4.13. The maximum Gasteiger partial charge on any atom is 0.0946 e. The van der Waals surface area contributed by atoms with Gasteiger partial charge in [-0.25, -0.2) is 16.8 Å². The summed E-state index contributed by atoms with van der Waals surface area (Å²) in [5, 5.41) is 0. The summed E-state index contributed by atoms with van der Waals surface area (Å²) in [6, 6.07) is 0. The van der Waals surface area contributed by atoms with Crippen LogP contribution in [0.5, 0.6) is 0 Å². The molecule has 0 saturated carbocycles. The van der Waals surface area contributed by atoms with Gasteiger partial charge in [-0.15, -0.1) is 0 Å². The molecule has 0 radical (unpaired) electrons. The molecule has 0 unspecified atom stereocenters. The zero-order chi connectivity index (χ0) is 12.7. The van der Waals surface area contributed by atoms with E-state index in [1.165, 1.54) is 21.6 Å². The van der Waals surface area contributed by atoms with Gasteiger partial charge in [0.2, 0.25) is 0 Å². The molecule has 0 aromatic rings. The minimum absolute atomic E-state index is 0. The van der Waals surface area contributed by atoms with Crippen LogP contribution < -0.4 is 0 Å². The standard InChI is InChI=1S/C6H14O6S4.2CH3/c7-15(8,9)5-1-3-13-14-4-2-6-16(10,11)12;;/h1-6H2,(H,7,8,9)(H,10,11,12);2*1H3/q;2*+1/p-2. The third kappa shape index (κ3) is 21.5. The predicted octanol–water partition coefficient (Wildman–Crippen LogP) is 1.14. The molecule has 110 valence electrons. The van der Waals surface area contributed by atoms with Crippen molar-refractivity contribution in [3.8, 4) is 0 Å². The van der Waals surface area contributed by atoms with Crippen molar-refractivity contribution in [1.29, 1.82) is 0 Å². The Morgan fingerprint density at radius 1 is 0.722 bits per heavy atom. The SMILES string of the molecule is O=S(=O)([O-])CCCSSCCCS(=O)(=O)[O-].[CH3+].[CH3+]. The van der Waals surface area contributed by atoms with E-state index in [1.54, 1.807) is 0 Å². The van der Waals surface area contributed by atoms with Crippen LogP contribution in [0.2, 0.25) is 0 Å². The summed E-state index contributed by atoms with van der Waals surface area (Å²) >= 11 is 0. The van der Waals surface area contributed by atoms with E-state index < -0.39 is 20.2 Å². The monoisotopic (exact) mass is 338 g/mol. The van der Waals surface area contributed by atoms with Crippen molar-refractivity contribution in [1.82, 2.24) is 0 Å². The lowest BCUT2D eigenvalue weighted by Crippen LogP contribution is -2.05. The van der Waals surface area contributed by atoms with E-state index in [0.29, 0.717) is 11.5 Å². The molecular weight excluding hydrogens is 320 g/mol. The fourth-order valence-corrected chi connectivity index (χ4v) is 4.24. The third-order valence-electron chi connectivity index (χ3n) is 1.33. The molecule has 0 spiro atoms. The Labute approximate surface area is 118 Å². The molecule has 0 N–H and O–H groups in total. The van der Waals surface area contributed by atoms with Crippen LogP contribution in [0.4, 0.5) is 0 Å². The highest BCUT2D eigenvalue weighted by Gasteiger charge is 1.98. The summed E-state index contributed by atoms with van der Waals surface area (Å²) < 4.78 is 61.2. The van der Waals surface area contributed by atoms with E-state index in [1.807, 2.05) is 0 Å². The smallest absolute Gasteiger partial charge is 0.0946 e. The van der Waals surface area contributed by atoms with Crippen molar-refractivity contribution < 1.29 is 25.9 Å². The summed E-state index contributed by atoms with van der Waals surface area (Å²) in [6.45, 7) is 0. The molecule has 10 heteroatoms. The van der Waals surface area contributed by atoms with Crippen LogP contribution in [0.1, 0.15) is 12.8 Å². The van der Waals surface area contributed by atoms with E-state index in [-0.39, 0.29) is 39.2 Å². The van der Waals surface area contributed by atoms with Crippen molar-refractivity contribution in [2.75, 3.05) is 23.0 Å². The van der Waals surface area contributed by atoms with Crippen LogP contribution >= 0.6 is 21.6 Å². The van der Waals surface area contributed by atoms with Crippen molar-refractivity contribution >= 4 is 41.8 Å². The second-order valence-electron chi connectivity index (χ2n) is 2.87. The Balaban J connectivity index is -0.00000112. The first kappa shape index (κ1) is 23.4. The normalized spacial score (nSPS) is 11.4. The van der Waals surface area contributed by atoms with Crippen LogP contribution in [0.3, 0.4) is 0 Å². The second-order valence-corrected chi connectivity index (χ2v) is 8.62. The molecule has 0 aromatic carbocycles. The summed E-state index contributed by atoms with van der Waals surface area (Å²) in [5.41, 5.74) is 0. The van der Waals surface area contributed by atoms with Gasteiger partial charge in [-0.3, -0.25) is 0 Å². The zero-order valence-corrected chi connectivity index (χ0v) is 13.6. The minimum Gasteiger partial charge on any atom is -0.748 e. The second kappa shape index (κ2) is 11.1. The summed E-state index contributed by atoms with van der Waals surface area (Å²) in [6.07, 6.45) is 0.562. The predicted molar refractivity (Wildman–Crippen MR) is 76.1 cm³/mol. The van der Waals surface area contributed by atoms with Gasteiger partial charge in [0.05, 0.1) is 20.2 Å². The molecule has 0 bridgehead atoms. The quantitative estimate of drug-likeness (QED) is 0.266. The van der Waals surface area contributed by atoms with E-state index in [0.717, 1.165) is 0 Å². The Hall–Kier alpha value is 0.260. The topological polar surface area (TPSA) is 114 Å². The maximum atomic E-state index is 10.2. The largest absolute Gasteiger partial charge is 0.748 e. The van der Waals surface area contributed by atoms with Gasteiger partial charge in [-0.05, 0) is 12.8 Å². The van der Waals surface area contributed by atoms with Gasteiger partial charge >= 0.3 is 0 Å². The highest BCUT2D eigenvalue weighted by molar-refractivity contribution is 8.76. The van der Waals surface area contributed by atoms with Gasteiger partial charge in [-0.1, -0.05) is 21.6 Å². The van der Waals surface area contributed by atoms with Gasteiger partial charge in [0.1, 0.15) is 0 Å². The molecule has 0 aliphatic heterocycles. The maximum absolute atomic E-state index is 10.2. The molecule has 0 rings (SSSR count). The van der Waals surface area contributed by atoms with Gasteiger partial charge < -0.3 is 9.11 Å². The van der Waals surface area contributed by atoms with Crippen molar-refractivity contribution in [3.63, 3.8) is 0 Å². The van der Waals surface area contributed by atoms with E-state index in [9.17, 15) is 25.9 Å². The van der Waals surface area contributed by atoms with Crippen LogP contribution in [0.25, 0.3) is 0 Å². The first-order valence-electron chi connectivity index (χ1n) is 4.32. The van der Waals surface area contributed by atoms with Gasteiger partial charge in [0.15, 0.2) is 0 Å². The number of hydrogen-bond acceptors (Lipinski definition) is 8. The lowest BCUT2D eigenvalue weighted by atomic mass is 10.6. The zero-order valence-electron chi connectivity index (χ0n) is 10.3. The van der Waals surface area contributed by atoms with Gasteiger partial charge in [0, 0.05) is 37.9 Å². The van der Waals surface area contributed by atoms with E-state index in [4.69, 9.17) is 0 Å². The Morgan fingerprint density at radius 3 is 1.22 bits per heavy atom. The number of hydrogen-bond donors (Lipinski definition) is 0. The third-order valence-corrected chi connectivity index (χ3v) is 5.48. The Morgan fingerprint density at radius 2 is 1.00 bits per heavy atom. The summed E-state index contributed by atoms with van der Waals surface area (Å²) in [7, 11) is -5.55. The molecule has 0 amide bonds. The Bertz CT molecular complexity index is 336. The average molecular weight is 338 g/mol. The van der Waals surface area contributed by atoms with Crippen molar-refractivity contribution in [3.05, 3.63) is 14.9 Å². The fourth-order valence-electron chi connectivity index (χ4n) is 0.707. The van der Waals surface area contributed by atoms with E-state index in [2.05, 4.69) is 0 Å². The van der Waals surface area contributed by atoms with Crippen LogP contribution in [-0.2, 0) is 20.2 Å². The first-order valence-corrected chi connectivity index (χ1v) is 9.96. The molecule has 0 fully saturated rings. The van der Waals surface area contributed by atoms with E-state index >= 15 is 0 Å². The van der Waals surface area contributed by atoms with Crippen LogP contribution in [0, 0.1) is 14.9 Å². The molecule has 0 aromatic heterocycles. The van der Waals surface area contributed by atoms with Gasteiger partial charge in [-0.2, -0.15) is 0 Å². The lowest BCUT2D eigenvalue weighted by Gasteiger charge is -2.06. The lowest BCUT2D eigenvalue weighted by molar-refractivity contribution is 0.460. The Kier molecular flexibility index (Phi) is 14.4. The molecule has 0 aliphatic carbocycles. The number of rotatable bonds is 9. The van der Waals surface area contributed by atoms with Crippen LogP contribution in [0.15, 0.2) is 0 Å². The van der Waals surface area contributed by atoms with Crippen molar-refractivity contribution in [2.24, 2.45) is 0 Å². The highest BCUT2D eigenvalue weighted by atomic mass is 33.1. The molecule has 0 aliphatic rings. The molecule has 0 heterocycles. The fraction of sp³-hybridized carbons (Fsp3) is 0.750. The first-order chi connectivity index (χ1) is 7.21. The highest BCUT2D eigenvalue weighted by Crippen LogP contribution is 2.22. The average Bonchev–Trinajstić information content (AvgIpc) is 2.06. The summed E-state index contributed by atoms with van der Waals surface area (Å²) in [4.78, 5) is 0. The van der Waals surface area contributed by atoms with Crippen molar-refractivity contribution in [2.45, 2.75) is 12.8 Å². The molecule has 0 saturated heterocycles. The molecule has 0 atom stereocenters. The molecule has 18 heavy (non-hydrogen) atoms. The molecule has 6 nitrogen and oxygen atoms in total. The molecular formula is C8H18O6S4.